The molecule has 1 N–H and O–H groups in total. The molecule has 4 aromatic rings. The number of hydrogen-bond donors (Lipinski definition) is 1. The van der Waals surface area contributed by atoms with Crippen molar-refractivity contribution in [2.24, 2.45) is 0 Å². The van der Waals surface area contributed by atoms with Crippen molar-refractivity contribution < 1.29 is 13.9 Å². The highest BCUT2D eigenvalue weighted by atomic mass is 16.5. The Bertz CT molecular complexity index is 1160. The average molecular weight is 403 g/mol. The number of carbonyl (C=O) groups is 1. The van der Waals surface area contributed by atoms with Gasteiger partial charge >= 0.3 is 0 Å². The molecule has 6 heteroatoms. The van der Waals surface area contributed by atoms with Gasteiger partial charge < -0.3 is 19.0 Å². The lowest BCUT2D eigenvalue weighted by Gasteiger charge is -2.16. The zero-order chi connectivity index (χ0) is 21.1. The Morgan fingerprint density at radius 3 is 2.73 bits per heavy atom. The van der Waals surface area contributed by atoms with E-state index in [2.05, 4.69) is 35.9 Å². The van der Waals surface area contributed by atoms with Crippen LogP contribution in [0.2, 0.25) is 0 Å². The van der Waals surface area contributed by atoms with Crippen molar-refractivity contribution >= 4 is 16.9 Å². The molecule has 0 aliphatic rings. The molecule has 1 amide bonds. The van der Waals surface area contributed by atoms with Crippen LogP contribution >= 0.6 is 0 Å². The zero-order valence-electron chi connectivity index (χ0n) is 17.4. The van der Waals surface area contributed by atoms with E-state index in [1.165, 1.54) is 17.4 Å². The number of ether oxygens (including phenoxy) is 1. The van der Waals surface area contributed by atoms with Crippen molar-refractivity contribution in [3.8, 4) is 5.75 Å². The highest BCUT2D eigenvalue weighted by molar-refractivity contribution is 5.91. The van der Waals surface area contributed by atoms with Gasteiger partial charge in [-0.05, 0) is 68.3 Å². The third-order valence-corrected chi connectivity index (χ3v) is 5.23. The van der Waals surface area contributed by atoms with Gasteiger partial charge in [-0.3, -0.25) is 4.79 Å². The molecule has 30 heavy (non-hydrogen) atoms. The van der Waals surface area contributed by atoms with Crippen LogP contribution in [0.3, 0.4) is 0 Å². The molecule has 0 aliphatic carbocycles. The van der Waals surface area contributed by atoms with E-state index in [4.69, 9.17) is 14.1 Å². The lowest BCUT2D eigenvalue weighted by atomic mass is 10.1. The molecule has 0 unspecified atom stereocenters. The van der Waals surface area contributed by atoms with E-state index in [1.54, 1.807) is 12.1 Å². The Kier molecular flexibility index (Phi) is 5.57. The van der Waals surface area contributed by atoms with Crippen LogP contribution < -0.4 is 10.1 Å². The molecule has 0 saturated carbocycles. The largest absolute Gasteiger partial charge is 0.492 e. The van der Waals surface area contributed by atoms with Gasteiger partial charge in [0.05, 0.1) is 29.9 Å². The number of para-hydroxylation sites is 2. The summed E-state index contributed by atoms with van der Waals surface area (Å²) in [5.41, 5.74) is 4.34. The number of furan rings is 1. The van der Waals surface area contributed by atoms with Gasteiger partial charge in [-0.1, -0.05) is 18.2 Å². The van der Waals surface area contributed by atoms with Crippen LogP contribution in [-0.4, -0.2) is 22.1 Å². The number of amides is 1. The van der Waals surface area contributed by atoms with E-state index < -0.39 is 0 Å². The first kappa shape index (κ1) is 19.8. The number of nitrogens with one attached hydrogen (secondary N) is 1. The first-order valence-electron chi connectivity index (χ1n) is 10.0. The van der Waals surface area contributed by atoms with Crippen molar-refractivity contribution in [3.05, 3.63) is 83.6 Å². The fourth-order valence-electron chi connectivity index (χ4n) is 3.46. The number of aromatic nitrogens is 2. The maximum Gasteiger partial charge on any atom is 0.287 e. The van der Waals surface area contributed by atoms with Crippen molar-refractivity contribution in [2.75, 3.05) is 6.61 Å². The second-order valence-electron chi connectivity index (χ2n) is 7.38. The van der Waals surface area contributed by atoms with E-state index >= 15 is 0 Å². The summed E-state index contributed by atoms with van der Waals surface area (Å²) in [7, 11) is 0. The van der Waals surface area contributed by atoms with Gasteiger partial charge in [0.1, 0.15) is 18.2 Å². The molecule has 0 saturated heterocycles. The molecule has 1 atom stereocenters. The second-order valence-corrected chi connectivity index (χ2v) is 7.38. The van der Waals surface area contributed by atoms with Crippen LogP contribution in [-0.2, 0) is 6.54 Å². The maximum absolute atomic E-state index is 12.4. The van der Waals surface area contributed by atoms with Gasteiger partial charge in [-0.15, -0.1) is 0 Å². The summed E-state index contributed by atoms with van der Waals surface area (Å²) in [5, 5.41) is 2.96. The van der Waals surface area contributed by atoms with Crippen molar-refractivity contribution in [3.63, 3.8) is 0 Å². The number of carbonyl (C=O) groups excluding carboxylic acids is 1. The van der Waals surface area contributed by atoms with Crippen LogP contribution in [0, 0.1) is 13.8 Å². The monoisotopic (exact) mass is 403 g/mol. The SMILES string of the molecule is Cc1ccc(OCCn2c([C@H](C)NC(=O)c3ccco3)nc3ccccc32)cc1C. The first-order valence-corrected chi connectivity index (χ1v) is 10.0. The fraction of sp³-hybridized carbons (Fsp3) is 0.250. The Morgan fingerprint density at radius 1 is 1.13 bits per heavy atom. The van der Waals surface area contributed by atoms with Gasteiger partial charge in [0.15, 0.2) is 5.76 Å². The lowest BCUT2D eigenvalue weighted by Crippen LogP contribution is -2.28. The molecule has 2 aromatic carbocycles. The smallest absolute Gasteiger partial charge is 0.287 e. The van der Waals surface area contributed by atoms with Crippen molar-refractivity contribution in [1.29, 1.82) is 0 Å². The van der Waals surface area contributed by atoms with Gasteiger partial charge in [0.25, 0.3) is 5.91 Å². The van der Waals surface area contributed by atoms with Crippen LogP contribution in [0.25, 0.3) is 11.0 Å². The molecule has 2 aromatic heterocycles. The van der Waals surface area contributed by atoms with Crippen molar-refractivity contribution in [2.45, 2.75) is 33.4 Å². The number of nitrogens with zero attached hydrogens (tertiary/aromatic N) is 2. The molecule has 0 aliphatic heterocycles. The number of imidazole rings is 1. The molecular formula is C24H25N3O3. The summed E-state index contributed by atoms with van der Waals surface area (Å²) in [6.45, 7) is 7.19. The lowest BCUT2D eigenvalue weighted by molar-refractivity contribution is 0.0909. The number of aryl methyl sites for hydroxylation is 2. The number of rotatable bonds is 7. The minimum Gasteiger partial charge on any atom is -0.492 e. The number of benzene rings is 2. The molecule has 0 radical (unpaired) electrons. The van der Waals surface area contributed by atoms with Crippen molar-refractivity contribution in [1.82, 2.24) is 14.9 Å². The standard InChI is InChI=1S/C24H25N3O3/c1-16-10-11-19(15-17(16)2)29-14-12-27-21-8-5-4-7-20(21)26-23(27)18(3)25-24(28)22-9-6-13-30-22/h4-11,13,15,18H,12,14H2,1-3H3,(H,25,28)/t18-/m0/s1. The van der Waals surface area contributed by atoms with Crippen LogP contribution in [0.1, 0.15) is 40.5 Å². The molecule has 154 valence electrons. The predicted molar refractivity (Wildman–Crippen MR) is 116 cm³/mol. The Morgan fingerprint density at radius 2 is 1.97 bits per heavy atom. The summed E-state index contributed by atoms with van der Waals surface area (Å²) in [4.78, 5) is 17.2. The Labute approximate surface area is 175 Å². The Hall–Kier alpha value is -3.54. The van der Waals surface area contributed by atoms with Crippen LogP contribution in [0.5, 0.6) is 5.75 Å². The number of fused-ring (bicyclic) bond motifs is 1. The molecule has 0 fully saturated rings. The topological polar surface area (TPSA) is 69.3 Å². The maximum atomic E-state index is 12.4. The molecule has 0 spiro atoms. The minimum atomic E-state index is -0.295. The van der Waals surface area contributed by atoms with Gasteiger partial charge in [0.2, 0.25) is 0 Å². The third-order valence-electron chi connectivity index (χ3n) is 5.23. The van der Waals surface area contributed by atoms with Crippen LogP contribution in [0.15, 0.2) is 65.3 Å². The van der Waals surface area contributed by atoms with E-state index in [9.17, 15) is 4.79 Å². The fourth-order valence-corrected chi connectivity index (χ4v) is 3.46. The molecule has 6 nitrogen and oxygen atoms in total. The summed E-state index contributed by atoms with van der Waals surface area (Å²) >= 11 is 0. The highest BCUT2D eigenvalue weighted by Crippen LogP contribution is 2.22. The summed E-state index contributed by atoms with van der Waals surface area (Å²) in [6.07, 6.45) is 1.49. The molecule has 0 bridgehead atoms. The molecule has 2 heterocycles. The van der Waals surface area contributed by atoms with E-state index in [1.807, 2.05) is 37.3 Å². The average Bonchev–Trinajstić information content (AvgIpc) is 3.39. The number of hydrogen-bond acceptors (Lipinski definition) is 4. The highest BCUT2D eigenvalue weighted by Gasteiger charge is 2.20. The van der Waals surface area contributed by atoms with E-state index in [0.717, 1.165) is 22.6 Å². The summed E-state index contributed by atoms with van der Waals surface area (Å²) in [6, 6.07) is 17.1. The summed E-state index contributed by atoms with van der Waals surface area (Å²) < 4.78 is 13.3. The predicted octanol–water partition coefficient (Wildman–Crippen LogP) is 4.82. The van der Waals surface area contributed by atoms with E-state index in [0.29, 0.717) is 13.2 Å². The van der Waals surface area contributed by atoms with E-state index in [-0.39, 0.29) is 17.7 Å². The quantitative estimate of drug-likeness (QED) is 0.480. The van der Waals surface area contributed by atoms with Gasteiger partial charge in [0, 0.05) is 0 Å². The first-order chi connectivity index (χ1) is 14.5. The minimum absolute atomic E-state index is 0.266. The molecular weight excluding hydrogens is 378 g/mol. The normalized spacial score (nSPS) is 12.1. The van der Waals surface area contributed by atoms with Gasteiger partial charge in [-0.2, -0.15) is 0 Å². The Balaban J connectivity index is 1.53. The second kappa shape index (κ2) is 8.45. The van der Waals surface area contributed by atoms with Crippen LogP contribution in [0.4, 0.5) is 0 Å². The zero-order valence-corrected chi connectivity index (χ0v) is 17.4. The van der Waals surface area contributed by atoms with Gasteiger partial charge in [-0.25, -0.2) is 4.98 Å². The molecule has 4 rings (SSSR count). The third kappa shape index (κ3) is 4.08. The summed E-state index contributed by atoms with van der Waals surface area (Å²) in [5.74, 6) is 1.64.